The third-order valence-corrected chi connectivity index (χ3v) is 7.67. The normalized spacial score (nSPS) is 24.5. The first-order valence-corrected chi connectivity index (χ1v) is 12.2. The first-order valence-electron chi connectivity index (χ1n) is 9.92. The van der Waals surface area contributed by atoms with E-state index in [0.717, 1.165) is 39.0 Å². The first kappa shape index (κ1) is 21.7. The Morgan fingerprint density at radius 1 is 1.14 bits per heavy atom. The predicted molar refractivity (Wildman–Crippen MR) is 111 cm³/mol. The van der Waals surface area contributed by atoms with Crippen molar-refractivity contribution in [2.45, 2.75) is 56.5 Å². The lowest BCUT2D eigenvalue weighted by atomic mass is 9.85. The molecule has 1 aliphatic heterocycles. The van der Waals surface area contributed by atoms with Gasteiger partial charge in [0.05, 0.1) is 0 Å². The number of nitrogens with zero attached hydrogens (tertiary/aromatic N) is 3. The van der Waals surface area contributed by atoms with Gasteiger partial charge in [-0.3, -0.25) is 14.7 Å². The Morgan fingerprint density at radius 3 is 2.36 bits per heavy atom. The van der Waals surface area contributed by atoms with Gasteiger partial charge in [-0.1, -0.05) is 0 Å². The lowest BCUT2D eigenvalue weighted by molar-refractivity contribution is -0.138. The van der Waals surface area contributed by atoms with E-state index >= 15 is 0 Å². The third-order valence-electron chi connectivity index (χ3n) is 5.74. The van der Waals surface area contributed by atoms with Crippen molar-refractivity contribution >= 4 is 31.9 Å². The summed E-state index contributed by atoms with van der Waals surface area (Å²) in [4.78, 5) is 21.3. The Hall–Kier alpha value is -1.03. The molecule has 0 atom stereocenters. The van der Waals surface area contributed by atoms with Crippen LogP contribution in [0.1, 0.15) is 39.5 Å². The number of carbonyl (C=O) groups is 1. The summed E-state index contributed by atoms with van der Waals surface area (Å²) in [7, 11) is -3.60. The van der Waals surface area contributed by atoms with Gasteiger partial charge < -0.3 is 4.90 Å². The Bertz CT molecular complexity index is 786. The van der Waals surface area contributed by atoms with Gasteiger partial charge in [0.25, 0.3) is 0 Å². The molecule has 1 saturated carbocycles. The molecular weight excluding hydrogens is 444 g/mol. The largest absolute Gasteiger partial charge is 0.340 e. The molecule has 28 heavy (non-hydrogen) atoms. The van der Waals surface area contributed by atoms with Crippen LogP contribution in [0, 0.1) is 5.92 Å². The van der Waals surface area contributed by atoms with E-state index in [-0.39, 0.29) is 22.8 Å². The van der Waals surface area contributed by atoms with Gasteiger partial charge in [0.15, 0.2) is 0 Å². The minimum absolute atomic E-state index is 0.0129. The molecule has 1 aromatic heterocycles. The molecule has 2 aliphatic rings. The SMILES string of the molecule is CC(C)N1CCN(C(=O)[C@H]2CC[C@H](NS(=O)(=O)c3cncc(Br)c3)CC2)CC1. The second-order valence-electron chi connectivity index (χ2n) is 7.96. The number of aromatic nitrogens is 1. The lowest BCUT2D eigenvalue weighted by Crippen LogP contribution is -2.52. The van der Waals surface area contributed by atoms with Gasteiger partial charge in [-0.05, 0) is 61.5 Å². The van der Waals surface area contributed by atoms with Gasteiger partial charge in [-0.25, -0.2) is 13.1 Å². The molecule has 9 heteroatoms. The van der Waals surface area contributed by atoms with Crippen molar-refractivity contribution in [1.29, 1.82) is 0 Å². The number of pyridine rings is 1. The average Bonchev–Trinajstić information content (AvgIpc) is 2.68. The zero-order valence-electron chi connectivity index (χ0n) is 16.5. The Morgan fingerprint density at radius 2 is 1.79 bits per heavy atom. The number of rotatable bonds is 5. The number of hydrogen-bond acceptors (Lipinski definition) is 5. The van der Waals surface area contributed by atoms with E-state index in [1.54, 1.807) is 12.3 Å². The molecule has 0 aromatic carbocycles. The van der Waals surface area contributed by atoms with E-state index in [0.29, 0.717) is 23.4 Å². The summed E-state index contributed by atoms with van der Waals surface area (Å²) in [5.41, 5.74) is 0. The van der Waals surface area contributed by atoms with Gasteiger partial charge in [0.1, 0.15) is 4.90 Å². The standard InChI is InChI=1S/C19H29BrN4O3S/c1-14(2)23-7-9-24(10-8-23)19(25)15-3-5-17(6-4-15)22-28(26,27)18-11-16(20)12-21-13-18/h11-15,17,22H,3-10H2,1-2H3/t15-,17-. The van der Waals surface area contributed by atoms with E-state index in [1.807, 2.05) is 4.90 Å². The van der Waals surface area contributed by atoms with Crippen LogP contribution in [0.15, 0.2) is 27.8 Å². The number of nitrogens with one attached hydrogen (secondary N) is 1. The monoisotopic (exact) mass is 472 g/mol. The molecule has 0 bridgehead atoms. The van der Waals surface area contributed by atoms with Gasteiger partial charge in [-0.2, -0.15) is 0 Å². The molecule has 7 nitrogen and oxygen atoms in total. The molecule has 0 radical (unpaired) electrons. The van der Waals surface area contributed by atoms with Crippen molar-refractivity contribution in [2.24, 2.45) is 5.92 Å². The number of hydrogen-bond donors (Lipinski definition) is 1. The highest BCUT2D eigenvalue weighted by molar-refractivity contribution is 9.10. The quantitative estimate of drug-likeness (QED) is 0.710. The summed E-state index contributed by atoms with van der Waals surface area (Å²) in [5, 5.41) is 0. The molecule has 0 spiro atoms. The minimum atomic E-state index is -3.60. The maximum atomic E-state index is 12.8. The second-order valence-corrected chi connectivity index (χ2v) is 10.6. The minimum Gasteiger partial charge on any atom is -0.340 e. The topological polar surface area (TPSA) is 82.6 Å². The van der Waals surface area contributed by atoms with Crippen LogP contribution in [-0.4, -0.2) is 67.4 Å². The number of carbonyl (C=O) groups excluding carboxylic acids is 1. The molecule has 1 aliphatic carbocycles. The number of sulfonamides is 1. The zero-order valence-corrected chi connectivity index (χ0v) is 18.9. The highest BCUT2D eigenvalue weighted by Crippen LogP contribution is 2.28. The van der Waals surface area contributed by atoms with Crippen molar-refractivity contribution in [1.82, 2.24) is 19.5 Å². The van der Waals surface area contributed by atoms with Crippen LogP contribution in [0.4, 0.5) is 0 Å². The smallest absolute Gasteiger partial charge is 0.242 e. The van der Waals surface area contributed by atoms with Crippen LogP contribution in [0.25, 0.3) is 0 Å². The third kappa shape index (κ3) is 5.31. The zero-order chi connectivity index (χ0) is 20.3. The molecular formula is C19H29BrN4O3S. The van der Waals surface area contributed by atoms with E-state index < -0.39 is 10.0 Å². The predicted octanol–water partition coefficient (Wildman–Crippen LogP) is 2.23. The number of amides is 1. The van der Waals surface area contributed by atoms with Crippen LogP contribution < -0.4 is 4.72 Å². The van der Waals surface area contributed by atoms with Crippen molar-refractivity contribution < 1.29 is 13.2 Å². The fourth-order valence-corrected chi connectivity index (χ4v) is 5.81. The van der Waals surface area contributed by atoms with Crippen LogP contribution in [0.3, 0.4) is 0 Å². The van der Waals surface area contributed by atoms with Gasteiger partial charge >= 0.3 is 0 Å². The van der Waals surface area contributed by atoms with Crippen molar-refractivity contribution in [3.8, 4) is 0 Å². The summed E-state index contributed by atoms with van der Waals surface area (Å²) < 4.78 is 28.5. The average molecular weight is 473 g/mol. The van der Waals surface area contributed by atoms with Gasteiger partial charge in [-0.15, -0.1) is 0 Å². The molecule has 1 amide bonds. The summed E-state index contributed by atoms with van der Waals surface area (Å²) in [6.07, 6.45) is 5.72. The molecule has 0 unspecified atom stereocenters. The van der Waals surface area contributed by atoms with E-state index in [9.17, 15) is 13.2 Å². The molecule has 1 aromatic rings. The van der Waals surface area contributed by atoms with Crippen LogP contribution in [-0.2, 0) is 14.8 Å². The van der Waals surface area contributed by atoms with Gasteiger partial charge in [0.2, 0.25) is 15.9 Å². The highest BCUT2D eigenvalue weighted by atomic mass is 79.9. The van der Waals surface area contributed by atoms with E-state index in [1.165, 1.54) is 6.20 Å². The molecule has 2 fully saturated rings. The van der Waals surface area contributed by atoms with Gasteiger partial charge in [0, 0.05) is 61.0 Å². The number of piperazine rings is 1. The molecule has 2 heterocycles. The molecule has 1 N–H and O–H groups in total. The highest BCUT2D eigenvalue weighted by Gasteiger charge is 2.32. The number of halogens is 1. The Balaban J connectivity index is 1.50. The maximum Gasteiger partial charge on any atom is 0.242 e. The summed E-state index contributed by atoms with van der Waals surface area (Å²) >= 11 is 3.25. The van der Waals surface area contributed by atoms with E-state index in [4.69, 9.17) is 0 Å². The maximum absolute atomic E-state index is 12.8. The Kier molecular flexibility index (Phi) is 7.12. The lowest BCUT2D eigenvalue weighted by Gasteiger charge is -2.39. The van der Waals surface area contributed by atoms with Crippen LogP contribution in [0.5, 0.6) is 0 Å². The summed E-state index contributed by atoms with van der Waals surface area (Å²) in [6.45, 7) is 7.81. The van der Waals surface area contributed by atoms with E-state index in [2.05, 4.69) is 44.4 Å². The summed E-state index contributed by atoms with van der Waals surface area (Å²) in [5.74, 6) is 0.250. The molecule has 1 saturated heterocycles. The van der Waals surface area contributed by atoms with Crippen molar-refractivity contribution in [2.75, 3.05) is 26.2 Å². The van der Waals surface area contributed by atoms with Crippen LogP contribution in [0.2, 0.25) is 0 Å². The van der Waals surface area contributed by atoms with Crippen molar-refractivity contribution in [3.63, 3.8) is 0 Å². The molecule has 156 valence electrons. The van der Waals surface area contributed by atoms with Crippen LogP contribution >= 0.6 is 15.9 Å². The molecule has 3 rings (SSSR count). The van der Waals surface area contributed by atoms with Crippen molar-refractivity contribution in [3.05, 3.63) is 22.9 Å². The summed E-state index contributed by atoms with van der Waals surface area (Å²) in [6, 6.07) is 1.92. The second kappa shape index (κ2) is 9.19. The fourth-order valence-electron chi connectivity index (χ4n) is 4.00. The first-order chi connectivity index (χ1) is 13.3. The Labute approximate surface area is 176 Å². The fraction of sp³-hybridized carbons (Fsp3) is 0.684.